The third kappa shape index (κ3) is 0.898. The molecule has 0 amide bonds. The van der Waals surface area contributed by atoms with Crippen molar-refractivity contribution in [3.05, 3.63) is 0 Å². The molecule has 0 radical (unpaired) electrons. The van der Waals surface area contributed by atoms with Gasteiger partial charge in [0.25, 0.3) is 0 Å². The Morgan fingerprint density at radius 3 is 3.00 bits per heavy atom. The van der Waals surface area contributed by atoms with E-state index in [2.05, 4.69) is 0 Å². The fourth-order valence-electron chi connectivity index (χ4n) is 1.59. The predicted molar refractivity (Wildman–Crippen MR) is 35.0 cm³/mol. The van der Waals surface area contributed by atoms with Crippen LogP contribution in [0.4, 0.5) is 4.39 Å². The molecule has 1 saturated carbocycles. The molecule has 4 heteroatoms. The van der Waals surface area contributed by atoms with E-state index in [-0.39, 0.29) is 12.7 Å². The first-order chi connectivity index (χ1) is 5.18. The second-order valence-electron chi connectivity index (χ2n) is 3.19. The number of aliphatic hydroxyl groups excluding tert-OH is 1. The summed E-state index contributed by atoms with van der Waals surface area (Å²) in [5, 5.41) is 9.31. The number of ether oxygens (including phenoxy) is 2. The first kappa shape index (κ1) is 7.46. The smallest absolute Gasteiger partial charge is 0.167 e. The van der Waals surface area contributed by atoms with Gasteiger partial charge in [-0.15, -0.1) is 0 Å². The van der Waals surface area contributed by atoms with Crippen molar-refractivity contribution in [1.82, 2.24) is 0 Å². The summed E-state index contributed by atoms with van der Waals surface area (Å²) >= 11 is 0. The highest BCUT2D eigenvalue weighted by Gasteiger charge is 2.69. The highest BCUT2D eigenvalue weighted by Crippen LogP contribution is 2.53. The van der Waals surface area contributed by atoms with Crippen LogP contribution in [0.15, 0.2) is 0 Å². The zero-order valence-corrected chi connectivity index (χ0v) is 6.29. The topological polar surface area (TPSA) is 38.7 Å². The Kier molecular flexibility index (Phi) is 1.46. The first-order valence-electron chi connectivity index (χ1n) is 3.70. The van der Waals surface area contributed by atoms with Gasteiger partial charge in [-0.2, -0.15) is 0 Å². The molecule has 0 aromatic heterocycles. The molecule has 1 N–H and O–H groups in total. The second-order valence-corrected chi connectivity index (χ2v) is 3.19. The number of hydrogen-bond acceptors (Lipinski definition) is 3. The largest absolute Gasteiger partial charge is 0.387 e. The van der Waals surface area contributed by atoms with E-state index in [0.717, 1.165) is 0 Å². The number of aliphatic hydroxyl groups is 1. The molecule has 0 aromatic carbocycles. The summed E-state index contributed by atoms with van der Waals surface area (Å²) < 4.78 is 23.1. The van der Waals surface area contributed by atoms with Crippen LogP contribution in [0.2, 0.25) is 0 Å². The lowest BCUT2D eigenvalue weighted by atomic mass is 10.1. The zero-order chi connectivity index (χ0) is 8.06. The van der Waals surface area contributed by atoms with Crippen molar-refractivity contribution in [2.24, 2.45) is 0 Å². The van der Waals surface area contributed by atoms with Gasteiger partial charge < -0.3 is 14.6 Å². The Morgan fingerprint density at radius 1 is 1.82 bits per heavy atom. The van der Waals surface area contributed by atoms with Crippen molar-refractivity contribution in [1.29, 1.82) is 0 Å². The number of alkyl halides is 1. The molecule has 2 rings (SSSR count). The van der Waals surface area contributed by atoms with Gasteiger partial charge in [-0.3, -0.25) is 0 Å². The molecule has 1 aliphatic heterocycles. The van der Waals surface area contributed by atoms with Gasteiger partial charge in [0.05, 0.1) is 12.7 Å². The van der Waals surface area contributed by atoms with Gasteiger partial charge in [-0.05, 0) is 0 Å². The van der Waals surface area contributed by atoms with Crippen molar-refractivity contribution in [3.8, 4) is 0 Å². The Labute approximate surface area is 64.1 Å². The predicted octanol–water partition coefficient (Wildman–Crippen LogP) is -0.127. The molecule has 0 aromatic rings. The fraction of sp³-hybridized carbons (Fsp3) is 1.00. The average molecular weight is 162 g/mol. The molecule has 11 heavy (non-hydrogen) atoms. The van der Waals surface area contributed by atoms with Crippen LogP contribution in [0.1, 0.15) is 6.42 Å². The molecule has 0 bridgehead atoms. The Hall–Kier alpha value is -0.190. The zero-order valence-electron chi connectivity index (χ0n) is 6.29. The second kappa shape index (κ2) is 2.15. The van der Waals surface area contributed by atoms with Crippen LogP contribution in [0.3, 0.4) is 0 Å². The lowest BCUT2D eigenvalue weighted by molar-refractivity contribution is -0.0462. The highest BCUT2D eigenvalue weighted by atomic mass is 19.1. The summed E-state index contributed by atoms with van der Waals surface area (Å²) in [6.45, 7) is 0.267. The van der Waals surface area contributed by atoms with Crippen LogP contribution in [0.25, 0.3) is 0 Å². The average Bonchev–Trinajstić information content (AvgIpc) is 2.55. The molecule has 1 aliphatic carbocycles. The van der Waals surface area contributed by atoms with E-state index in [1.807, 2.05) is 0 Å². The minimum Gasteiger partial charge on any atom is -0.387 e. The summed E-state index contributed by atoms with van der Waals surface area (Å²) in [7, 11) is 1.50. The molecule has 2 fully saturated rings. The lowest BCUT2D eigenvalue weighted by Gasteiger charge is -2.16. The lowest BCUT2D eigenvalue weighted by Crippen LogP contribution is -2.35. The third-order valence-electron chi connectivity index (χ3n) is 2.39. The molecule has 1 saturated heterocycles. The molecule has 64 valence electrons. The summed E-state index contributed by atoms with van der Waals surface area (Å²) in [5.74, 6) is 0. The summed E-state index contributed by atoms with van der Waals surface area (Å²) in [4.78, 5) is 0. The molecule has 2 aliphatic rings. The van der Waals surface area contributed by atoms with Crippen LogP contribution in [-0.4, -0.2) is 42.8 Å². The summed E-state index contributed by atoms with van der Waals surface area (Å²) in [5.41, 5.74) is -1.46. The molecular formula is C7H11FO3. The fourth-order valence-corrected chi connectivity index (χ4v) is 1.59. The van der Waals surface area contributed by atoms with E-state index in [4.69, 9.17) is 9.47 Å². The minimum absolute atomic E-state index is 0.267. The van der Waals surface area contributed by atoms with Crippen LogP contribution in [0, 0.1) is 0 Å². The Bertz CT molecular complexity index is 175. The van der Waals surface area contributed by atoms with E-state index < -0.39 is 17.9 Å². The Morgan fingerprint density at radius 2 is 2.55 bits per heavy atom. The van der Waals surface area contributed by atoms with E-state index in [1.165, 1.54) is 7.11 Å². The van der Waals surface area contributed by atoms with E-state index >= 15 is 0 Å². The maximum atomic E-state index is 13.2. The van der Waals surface area contributed by atoms with Crippen molar-refractivity contribution < 1.29 is 19.0 Å². The minimum atomic E-state index is -1.46. The SMILES string of the molecule is COCC1O[C@H]2CC2(F)C1O. The standard InChI is InChI=1S/C7H11FO3/c1-10-3-4-6(9)7(8)2-5(7)11-4/h4-6,9H,2-3H2,1H3/t4?,5-,6?,7?/m0/s1. The third-order valence-corrected chi connectivity index (χ3v) is 2.39. The van der Waals surface area contributed by atoms with Crippen LogP contribution in [0.5, 0.6) is 0 Å². The maximum absolute atomic E-state index is 13.2. The van der Waals surface area contributed by atoms with E-state index in [0.29, 0.717) is 6.42 Å². The number of fused-ring (bicyclic) bond motifs is 1. The van der Waals surface area contributed by atoms with Crippen LogP contribution >= 0.6 is 0 Å². The van der Waals surface area contributed by atoms with Crippen LogP contribution < -0.4 is 0 Å². The van der Waals surface area contributed by atoms with Gasteiger partial charge >= 0.3 is 0 Å². The monoisotopic (exact) mass is 162 g/mol. The van der Waals surface area contributed by atoms with Crippen molar-refractivity contribution in [3.63, 3.8) is 0 Å². The molecule has 3 nitrogen and oxygen atoms in total. The van der Waals surface area contributed by atoms with Gasteiger partial charge in [-0.25, -0.2) is 4.39 Å². The van der Waals surface area contributed by atoms with Gasteiger partial charge in [0.1, 0.15) is 12.2 Å². The van der Waals surface area contributed by atoms with Gasteiger partial charge in [0, 0.05) is 13.5 Å². The van der Waals surface area contributed by atoms with Gasteiger partial charge in [0.2, 0.25) is 0 Å². The normalized spacial score (nSPS) is 54.3. The summed E-state index contributed by atoms with van der Waals surface area (Å²) in [6, 6.07) is 0. The van der Waals surface area contributed by atoms with Crippen molar-refractivity contribution >= 4 is 0 Å². The van der Waals surface area contributed by atoms with Crippen molar-refractivity contribution in [2.45, 2.75) is 30.4 Å². The van der Waals surface area contributed by atoms with Crippen molar-refractivity contribution in [2.75, 3.05) is 13.7 Å². The Balaban J connectivity index is 1.98. The number of rotatable bonds is 2. The number of hydrogen-bond donors (Lipinski definition) is 1. The quantitative estimate of drug-likeness (QED) is 0.615. The summed E-state index contributed by atoms with van der Waals surface area (Å²) in [6.07, 6.45) is -1.50. The van der Waals surface area contributed by atoms with Gasteiger partial charge in [0.15, 0.2) is 5.67 Å². The molecular weight excluding hydrogens is 151 g/mol. The number of methoxy groups -OCH3 is 1. The maximum Gasteiger partial charge on any atom is 0.167 e. The van der Waals surface area contributed by atoms with E-state index in [1.54, 1.807) is 0 Å². The van der Waals surface area contributed by atoms with E-state index in [9.17, 15) is 9.50 Å². The molecule has 1 heterocycles. The highest BCUT2D eigenvalue weighted by molar-refractivity contribution is 5.17. The van der Waals surface area contributed by atoms with Gasteiger partial charge in [-0.1, -0.05) is 0 Å². The van der Waals surface area contributed by atoms with Crippen LogP contribution in [-0.2, 0) is 9.47 Å². The molecule has 4 atom stereocenters. The molecule has 3 unspecified atom stereocenters. The number of halogens is 1. The first-order valence-corrected chi connectivity index (χ1v) is 3.70. The molecule has 0 spiro atoms.